The molecule has 0 saturated carbocycles. The summed E-state index contributed by atoms with van der Waals surface area (Å²) in [7, 11) is -4.62. The van der Waals surface area contributed by atoms with Gasteiger partial charge >= 0.3 is 19.8 Å². The van der Waals surface area contributed by atoms with Gasteiger partial charge in [0.1, 0.15) is 12.1 Å². The molecular formula is C45H86NO9P. The number of nitrogens with two attached hydrogens (primary N) is 1. The molecule has 3 unspecified atom stereocenters. The van der Waals surface area contributed by atoms with Crippen molar-refractivity contribution in [3.05, 3.63) is 24.3 Å². The van der Waals surface area contributed by atoms with Crippen LogP contribution in [0, 0.1) is 0 Å². The molecule has 0 aromatic rings. The minimum atomic E-state index is -4.62. The van der Waals surface area contributed by atoms with Gasteiger partial charge in [-0.3, -0.25) is 18.6 Å². The predicted octanol–water partition coefficient (Wildman–Crippen LogP) is 12.7. The lowest BCUT2D eigenvalue weighted by atomic mass is 10.0. The molecule has 0 aliphatic rings. The van der Waals surface area contributed by atoms with Gasteiger partial charge in [-0.1, -0.05) is 192 Å². The van der Waals surface area contributed by atoms with Crippen LogP contribution in [0.3, 0.4) is 0 Å². The van der Waals surface area contributed by atoms with Crippen molar-refractivity contribution in [2.75, 3.05) is 26.4 Å². The first-order valence-electron chi connectivity index (χ1n) is 22.9. The highest BCUT2D eigenvalue weighted by Gasteiger charge is 2.27. The van der Waals surface area contributed by atoms with E-state index in [1.807, 2.05) is 0 Å². The zero-order valence-electron chi connectivity index (χ0n) is 36.0. The van der Waals surface area contributed by atoms with Crippen LogP contribution < -0.4 is 5.73 Å². The van der Waals surface area contributed by atoms with E-state index < -0.39 is 45.1 Å². The lowest BCUT2D eigenvalue weighted by molar-refractivity contribution is -0.154. The van der Waals surface area contributed by atoms with Gasteiger partial charge in [0.15, 0.2) is 0 Å². The molecule has 3 atom stereocenters. The van der Waals surface area contributed by atoms with Crippen molar-refractivity contribution >= 4 is 19.8 Å². The Morgan fingerprint density at radius 1 is 0.571 bits per heavy atom. The number of carboxylic acid groups (broad SMARTS) is 1. The molecule has 0 radical (unpaired) electrons. The molecule has 330 valence electrons. The molecule has 0 heterocycles. The Morgan fingerprint density at radius 3 is 1.50 bits per heavy atom. The van der Waals surface area contributed by atoms with Crippen molar-refractivity contribution < 1.29 is 42.7 Å². The normalized spacial score (nSPS) is 14.1. The molecule has 11 heteroatoms. The summed E-state index contributed by atoms with van der Waals surface area (Å²) in [5, 5.41) is 8.90. The number of rotatable bonds is 44. The van der Waals surface area contributed by atoms with E-state index in [0.29, 0.717) is 13.0 Å². The van der Waals surface area contributed by atoms with Crippen LogP contribution in [0.5, 0.6) is 0 Å². The number of carbonyl (C=O) groups excluding carboxylic acids is 1. The van der Waals surface area contributed by atoms with Gasteiger partial charge in [-0.2, -0.15) is 0 Å². The first kappa shape index (κ1) is 54.5. The van der Waals surface area contributed by atoms with Crippen molar-refractivity contribution in [1.82, 2.24) is 0 Å². The summed E-state index contributed by atoms with van der Waals surface area (Å²) in [6.45, 7) is 3.85. The van der Waals surface area contributed by atoms with Gasteiger partial charge < -0.3 is 25.2 Å². The van der Waals surface area contributed by atoms with Crippen LogP contribution in [0.25, 0.3) is 0 Å². The third-order valence-electron chi connectivity index (χ3n) is 9.98. The Labute approximate surface area is 343 Å². The minimum absolute atomic E-state index is 0.0136. The Hall–Kier alpha value is -1.55. The number of allylic oxidation sites excluding steroid dienone is 4. The third kappa shape index (κ3) is 40.6. The highest BCUT2D eigenvalue weighted by molar-refractivity contribution is 7.47. The molecule has 0 amide bonds. The molecule has 56 heavy (non-hydrogen) atoms. The number of unbranched alkanes of at least 4 members (excludes halogenated alkanes) is 26. The van der Waals surface area contributed by atoms with E-state index in [2.05, 4.69) is 38.2 Å². The van der Waals surface area contributed by atoms with Gasteiger partial charge in [-0.15, -0.1) is 0 Å². The van der Waals surface area contributed by atoms with Crippen LogP contribution in [0.4, 0.5) is 0 Å². The quantitative estimate of drug-likeness (QED) is 0.0234. The first-order valence-corrected chi connectivity index (χ1v) is 24.4. The van der Waals surface area contributed by atoms with Crippen molar-refractivity contribution in [2.24, 2.45) is 5.73 Å². The maximum Gasteiger partial charge on any atom is 0.472 e. The highest BCUT2D eigenvalue weighted by atomic mass is 31.2. The van der Waals surface area contributed by atoms with Crippen molar-refractivity contribution in [2.45, 2.75) is 225 Å². The Kier molecular flexibility index (Phi) is 40.5. The van der Waals surface area contributed by atoms with Gasteiger partial charge in [0.05, 0.1) is 19.8 Å². The topological polar surface area (TPSA) is 155 Å². The van der Waals surface area contributed by atoms with Gasteiger partial charge in [0.2, 0.25) is 0 Å². The van der Waals surface area contributed by atoms with Crippen LogP contribution in [-0.2, 0) is 32.7 Å². The second-order valence-corrected chi connectivity index (χ2v) is 17.0. The van der Waals surface area contributed by atoms with E-state index >= 15 is 0 Å². The summed E-state index contributed by atoms with van der Waals surface area (Å²) in [5.41, 5.74) is 5.36. The van der Waals surface area contributed by atoms with Gasteiger partial charge in [-0.05, 0) is 38.5 Å². The fourth-order valence-corrected chi connectivity index (χ4v) is 7.16. The number of phosphoric acid groups is 1. The van der Waals surface area contributed by atoms with E-state index in [9.17, 15) is 19.0 Å². The Morgan fingerprint density at radius 2 is 1.00 bits per heavy atom. The molecule has 0 fully saturated rings. The summed E-state index contributed by atoms with van der Waals surface area (Å²) in [6, 6.07) is -1.47. The van der Waals surface area contributed by atoms with Crippen LogP contribution in [0.2, 0.25) is 0 Å². The summed E-state index contributed by atoms with van der Waals surface area (Å²) in [6.07, 6.45) is 45.1. The largest absolute Gasteiger partial charge is 0.480 e. The molecule has 0 bridgehead atoms. The number of carboxylic acids is 1. The maximum absolute atomic E-state index is 12.6. The average Bonchev–Trinajstić information content (AvgIpc) is 3.18. The highest BCUT2D eigenvalue weighted by Crippen LogP contribution is 2.43. The second kappa shape index (κ2) is 41.6. The molecule has 0 aliphatic heterocycles. The van der Waals surface area contributed by atoms with E-state index in [0.717, 1.165) is 44.9 Å². The smallest absolute Gasteiger partial charge is 0.472 e. The second-order valence-electron chi connectivity index (χ2n) is 15.5. The molecule has 0 saturated heterocycles. The molecule has 0 aromatic carbocycles. The first-order chi connectivity index (χ1) is 27.2. The lowest BCUT2D eigenvalue weighted by Gasteiger charge is -2.20. The van der Waals surface area contributed by atoms with Crippen LogP contribution in [0.1, 0.15) is 213 Å². The number of ether oxygens (including phenoxy) is 2. The zero-order chi connectivity index (χ0) is 41.2. The number of hydrogen-bond acceptors (Lipinski definition) is 8. The summed E-state index contributed by atoms with van der Waals surface area (Å²) >= 11 is 0. The molecule has 0 rings (SSSR count). The zero-order valence-corrected chi connectivity index (χ0v) is 36.9. The molecule has 10 nitrogen and oxygen atoms in total. The van der Waals surface area contributed by atoms with Crippen molar-refractivity contribution in [3.63, 3.8) is 0 Å². The van der Waals surface area contributed by atoms with Crippen LogP contribution in [0.15, 0.2) is 24.3 Å². The summed E-state index contributed by atoms with van der Waals surface area (Å²) in [5.74, 6) is -1.78. The van der Waals surface area contributed by atoms with Crippen LogP contribution >= 0.6 is 7.82 Å². The van der Waals surface area contributed by atoms with Crippen molar-refractivity contribution in [3.8, 4) is 0 Å². The number of aliphatic carboxylic acids is 1. The van der Waals surface area contributed by atoms with Gasteiger partial charge in [0.25, 0.3) is 0 Å². The number of phosphoric ester groups is 1. The Balaban J connectivity index is 4.18. The van der Waals surface area contributed by atoms with Crippen molar-refractivity contribution in [1.29, 1.82) is 0 Å². The third-order valence-corrected chi connectivity index (χ3v) is 10.9. The lowest BCUT2D eigenvalue weighted by Crippen LogP contribution is -2.34. The standard InChI is InChI=1S/C45H86NO9P/c1-3-5-7-9-11-13-15-17-19-20-21-22-23-25-27-29-31-33-35-37-44(47)55-42(40-53-56(50,51)54-41-43(46)45(48)49)39-52-38-36-34-32-30-28-26-24-18-16-14-12-10-8-6-4-2/h10,12,16,18,42-43H,3-9,11,13-15,17,19-41,46H2,1-2H3,(H,48,49)(H,50,51)/b12-10-,18-16-. The fourth-order valence-electron chi connectivity index (χ4n) is 6.39. The average molecular weight is 816 g/mol. The monoisotopic (exact) mass is 816 g/mol. The number of carbonyl (C=O) groups is 2. The molecular weight excluding hydrogens is 729 g/mol. The Bertz CT molecular complexity index is 993. The van der Waals surface area contributed by atoms with E-state index in [1.54, 1.807) is 0 Å². The fraction of sp³-hybridized carbons (Fsp3) is 0.867. The molecule has 0 aliphatic carbocycles. The maximum atomic E-state index is 12.6. The molecule has 0 spiro atoms. The van der Waals surface area contributed by atoms with E-state index in [4.69, 9.17) is 29.4 Å². The number of esters is 1. The minimum Gasteiger partial charge on any atom is -0.480 e. The van der Waals surface area contributed by atoms with E-state index in [-0.39, 0.29) is 13.0 Å². The van der Waals surface area contributed by atoms with Gasteiger partial charge in [-0.25, -0.2) is 4.57 Å². The number of hydrogen-bond donors (Lipinski definition) is 3. The van der Waals surface area contributed by atoms with Gasteiger partial charge in [0, 0.05) is 13.0 Å². The summed E-state index contributed by atoms with van der Waals surface area (Å²) in [4.78, 5) is 33.6. The molecule has 0 aromatic heterocycles. The SMILES string of the molecule is CCCC/C=C\C/C=C\CCCCCCCCOCC(COP(=O)(O)OCC(N)C(=O)O)OC(=O)CCCCCCCCCCCCCCCCCCCCC. The van der Waals surface area contributed by atoms with Crippen LogP contribution in [-0.4, -0.2) is 60.5 Å². The summed E-state index contributed by atoms with van der Waals surface area (Å²) < 4.78 is 33.4. The predicted molar refractivity (Wildman–Crippen MR) is 231 cm³/mol. The molecule has 4 N–H and O–H groups in total. The van der Waals surface area contributed by atoms with E-state index in [1.165, 1.54) is 141 Å².